The van der Waals surface area contributed by atoms with Gasteiger partial charge in [0.05, 0.1) is 5.41 Å². The molecule has 63 heavy (non-hydrogen) atoms. The number of ether oxygens (including phenoxy) is 1. The van der Waals surface area contributed by atoms with E-state index in [-0.39, 0.29) is 0 Å². The van der Waals surface area contributed by atoms with Gasteiger partial charge in [-0.1, -0.05) is 170 Å². The summed E-state index contributed by atoms with van der Waals surface area (Å²) < 4.78 is 13.4. The molecule has 2 aliphatic rings. The minimum atomic E-state index is -0.587. The molecule has 1 aliphatic carbocycles. The molecule has 0 saturated heterocycles. The topological polar surface area (TPSA) is 61.0 Å². The Kier molecular flexibility index (Phi) is 7.75. The van der Waals surface area contributed by atoms with Crippen LogP contribution in [0, 0.1) is 0 Å². The van der Waals surface area contributed by atoms with Crippen LogP contribution >= 0.6 is 0 Å². The summed E-state index contributed by atoms with van der Waals surface area (Å²) in [5.41, 5.74) is 15.4. The molecule has 0 fully saturated rings. The number of para-hydroxylation sites is 2. The van der Waals surface area contributed by atoms with Gasteiger partial charge in [-0.25, -0.2) is 15.0 Å². The van der Waals surface area contributed by atoms with Crippen molar-refractivity contribution in [2.45, 2.75) is 5.41 Å². The van der Waals surface area contributed by atoms with Crippen LogP contribution in [-0.2, 0) is 5.41 Å². The maximum Gasteiger partial charge on any atom is 0.164 e. The summed E-state index contributed by atoms with van der Waals surface area (Å²) in [6.45, 7) is 0. The lowest BCUT2D eigenvalue weighted by Gasteiger charge is -2.40. The molecule has 0 radical (unpaired) electrons. The molecule has 0 bridgehead atoms. The van der Waals surface area contributed by atoms with Gasteiger partial charge in [0.15, 0.2) is 17.5 Å². The van der Waals surface area contributed by atoms with Crippen LogP contribution in [0.3, 0.4) is 0 Å². The lowest BCUT2D eigenvalue weighted by atomic mass is 9.64. The summed E-state index contributed by atoms with van der Waals surface area (Å²) in [6, 6.07) is 74.3. The van der Waals surface area contributed by atoms with E-state index in [2.05, 4.69) is 176 Å². The van der Waals surface area contributed by atoms with Crippen molar-refractivity contribution < 1.29 is 9.15 Å². The van der Waals surface area contributed by atoms with Gasteiger partial charge in [-0.3, -0.25) is 0 Å². The number of aromatic nitrogens is 3. The summed E-state index contributed by atoms with van der Waals surface area (Å²) in [4.78, 5) is 15.2. The van der Waals surface area contributed by atoms with E-state index in [0.29, 0.717) is 17.5 Å². The Morgan fingerprint density at radius 3 is 1.49 bits per heavy atom. The number of furan rings is 1. The normalized spacial score (nSPS) is 13.0. The van der Waals surface area contributed by atoms with E-state index < -0.39 is 5.41 Å². The fourth-order valence-corrected chi connectivity index (χ4v) is 10.1. The van der Waals surface area contributed by atoms with Crippen molar-refractivity contribution in [2.75, 3.05) is 0 Å². The first-order valence-electron chi connectivity index (χ1n) is 21.3. The molecule has 0 N–H and O–H groups in total. The highest BCUT2D eigenvalue weighted by atomic mass is 16.5. The molecule has 9 aromatic carbocycles. The predicted octanol–water partition coefficient (Wildman–Crippen LogP) is 14.6. The highest BCUT2D eigenvalue weighted by molar-refractivity contribution is 6.07. The Bertz CT molecular complexity index is 3570. The summed E-state index contributed by atoms with van der Waals surface area (Å²) in [5, 5.41) is 2.08. The Morgan fingerprint density at radius 1 is 0.317 bits per heavy atom. The Labute approximate surface area is 363 Å². The monoisotopic (exact) mass is 805 g/mol. The van der Waals surface area contributed by atoms with Crippen LogP contribution < -0.4 is 4.74 Å². The number of hydrogen-bond acceptors (Lipinski definition) is 5. The second-order valence-corrected chi connectivity index (χ2v) is 16.3. The van der Waals surface area contributed by atoms with E-state index in [1.165, 1.54) is 22.3 Å². The third kappa shape index (κ3) is 5.40. The van der Waals surface area contributed by atoms with Crippen LogP contribution in [0.2, 0.25) is 0 Å². The van der Waals surface area contributed by atoms with Crippen molar-refractivity contribution in [1.29, 1.82) is 0 Å². The molecular weight excluding hydrogens is 771 g/mol. The van der Waals surface area contributed by atoms with Crippen molar-refractivity contribution in [1.82, 2.24) is 15.0 Å². The molecule has 294 valence electrons. The van der Waals surface area contributed by atoms with Crippen molar-refractivity contribution in [2.24, 2.45) is 0 Å². The van der Waals surface area contributed by atoms with Crippen LogP contribution in [0.25, 0.3) is 89.5 Å². The third-order valence-electron chi connectivity index (χ3n) is 12.8. The van der Waals surface area contributed by atoms with Crippen molar-refractivity contribution >= 4 is 21.9 Å². The maximum atomic E-state index is 6.81. The predicted molar refractivity (Wildman–Crippen MR) is 252 cm³/mol. The maximum absolute atomic E-state index is 6.81. The average molecular weight is 806 g/mol. The van der Waals surface area contributed by atoms with Gasteiger partial charge in [0.1, 0.15) is 22.7 Å². The quantitative estimate of drug-likeness (QED) is 0.173. The van der Waals surface area contributed by atoms with E-state index >= 15 is 0 Å². The number of hydrogen-bond donors (Lipinski definition) is 0. The number of fused-ring (bicyclic) bond motifs is 12. The van der Waals surface area contributed by atoms with Crippen LogP contribution in [0.5, 0.6) is 11.5 Å². The van der Waals surface area contributed by atoms with Crippen LogP contribution in [0.1, 0.15) is 22.3 Å². The molecule has 13 rings (SSSR count). The first-order chi connectivity index (χ1) is 31.2. The van der Waals surface area contributed by atoms with E-state index in [1.54, 1.807) is 0 Å². The first kappa shape index (κ1) is 35.4. The summed E-state index contributed by atoms with van der Waals surface area (Å²) in [7, 11) is 0. The van der Waals surface area contributed by atoms with Crippen LogP contribution in [0.15, 0.2) is 217 Å². The summed E-state index contributed by atoms with van der Waals surface area (Å²) in [6.07, 6.45) is 0. The molecule has 0 amide bonds. The van der Waals surface area contributed by atoms with Gasteiger partial charge in [-0.05, 0) is 87.0 Å². The minimum absolute atomic E-state index is 0.578. The number of nitrogens with zero attached hydrogens (tertiary/aromatic N) is 3. The fourth-order valence-electron chi connectivity index (χ4n) is 10.1. The standard InChI is InChI=1S/C58H35N3O2/c1-3-15-36(16-4-1)38-19-13-20-40(33-38)56-59-55(37-17-5-2-6-18-37)60-57(61-56)41-30-32-45-44-31-29-39(34-52(44)63-53(45)35-41)42-22-14-23-46-43-21-7-8-24-47(43)58(54(42)46)48-25-9-11-27-50(48)62-51-28-12-10-26-49(51)58/h1-35H. The summed E-state index contributed by atoms with van der Waals surface area (Å²) >= 11 is 0. The van der Waals surface area contributed by atoms with Gasteiger partial charge in [0.2, 0.25) is 0 Å². The van der Waals surface area contributed by atoms with Gasteiger partial charge in [0, 0.05) is 38.6 Å². The Balaban J connectivity index is 0.958. The number of benzene rings is 9. The molecule has 1 aliphatic heterocycles. The van der Waals surface area contributed by atoms with Crippen LogP contribution in [-0.4, -0.2) is 15.0 Å². The van der Waals surface area contributed by atoms with Gasteiger partial charge in [-0.15, -0.1) is 0 Å². The SMILES string of the molecule is c1ccc(-c2cccc(-c3nc(-c4ccccc4)nc(-c4ccc5c(c4)oc4cc(-c6cccc7c6C6(c8ccccc8Oc8ccccc86)c6ccccc6-7)ccc45)n3)c2)cc1. The zero-order valence-corrected chi connectivity index (χ0v) is 33.9. The highest BCUT2D eigenvalue weighted by Gasteiger charge is 2.52. The molecule has 0 unspecified atom stereocenters. The van der Waals surface area contributed by atoms with Crippen molar-refractivity contribution in [3.05, 3.63) is 235 Å². The molecule has 5 heteroatoms. The molecule has 1 spiro atoms. The van der Waals surface area contributed by atoms with Crippen molar-refractivity contribution in [3.63, 3.8) is 0 Å². The molecule has 0 saturated carbocycles. The molecule has 2 aromatic heterocycles. The van der Waals surface area contributed by atoms with E-state index in [0.717, 1.165) is 83.5 Å². The number of rotatable bonds is 5. The zero-order chi connectivity index (χ0) is 41.5. The van der Waals surface area contributed by atoms with Crippen LogP contribution in [0.4, 0.5) is 0 Å². The molecular formula is C58H35N3O2. The Hall–Kier alpha value is -8.41. The zero-order valence-electron chi connectivity index (χ0n) is 33.9. The second-order valence-electron chi connectivity index (χ2n) is 16.3. The largest absolute Gasteiger partial charge is 0.457 e. The van der Waals surface area contributed by atoms with E-state index in [1.807, 2.05) is 36.4 Å². The Morgan fingerprint density at radius 2 is 0.794 bits per heavy atom. The summed E-state index contributed by atoms with van der Waals surface area (Å²) in [5.74, 6) is 3.54. The first-order valence-corrected chi connectivity index (χ1v) is 21.3. The molecule has 11 aromatic rings. The van der Waals surface area contributed by atoms with E-state index in [4.69, 9.17) is 24.1 Å². The molecule has 5 nitrogen and oxygen atoms in total. The molecule has 3 heterocycles. The van der Waals surface area contributed by atoms with Gasteiger partial charge in [-0.2, -0.15) is 0 Å². The second kappa shape index (κ2) is 13.8. The minimum Gasteiger partial charge on any atom is -0.457 e. The lowest BCUT2D eigenvalue weighted by molar-refractivity contribution is 0.436. The van der Waals surface area contributed by atoms with Gasteiger partial charge in [0.25, 0.3) is 0 Å². The average Bonchev–Trinajstić information content (AvgIpc) is 3.87. The molecule has 0 atom stereocenters. The van der Waals surface area contributed by atoms with Gasteiger partial charge >= 0.3 is 0 Å². The van der Waals surface area contributed by atoms with Crippen molar-refractivity contribution in [3.8, 4) is 79.0 Å². The highest BCUT2D eigenvalue weighted by Crippen LogP contribution is 2.63. The van der Waals surface area contributed by atoms with Gasteiger partial charge < -0.3 is 9.15 Å². The fraction of sp³-hybridized carbons (Fsp3) is 0.0172. The van der Waals surface area contributed by atoms with E-state index in [9.17, 15) is 0 Å². The lowest BCUT2D eigenvalue weighted by Crippen LogP contribution is -2.32. The smallest absolute Gasteiger partial charge is 0.164 e. The third-order valence-corrected chi connectivity index (χ3v) is 12.8.